The Bertz CT molecular complexity index is 701. The summed E-state index contributed by atoms with van der Waals surface area (Å²) in [7, 11) is 0. The first-order valence-electron chi connectivity index (χ1n) is 6.11. The average molecular weight is 314 g/mol. The van der Waals surface area contributed by atoms with Crippen LogP contribution in [0.3, 0.4) is 0 Å². The van der Waals surface area contributed by atoms with Crippen molar-refractivity contribution in [3.63, 3.8) is 0 Å². The van der Waals surface area contributed by atoms with E-state index in [4.69, 9.17) is 0 Å². The fourth-order valence-corrected chi connectivity index (χ4v) is 1.82. The summed E-state index contributed by atoms with van der Waals surface area (Å²) in [4.78, 5) is 9.75. The molecule has 0 radical (unpaired) electrons. The number of nitrogens with zero attached hydrogens (tertiary/aromatic N) is 1. The Kier molecular flexibility index (Phi) is 4.30. The smallest absolute Gasteiger partial charge is 0.379 e. The first-order chi connectivity index (χ1) is 10.3. The monoisotopic (exact) mass is 314 g/mol. The van der Waals surface area contributed by atoms with Crippen molar-refractivity contribution in [1.82, 2.24) is 0 Å². The van der Waals surface area contributed by atoms with Crippen molar-refractivity contribution in [2.24, 2.45) is 0 Å². The quantitative estimate of drug-likeness (QED) is 0.518. The third-order valence-corrected chi connectivity index (χ3v) is 2.90. The van der Waals surface area contributed by atoms with Crippen LogP contribution in [-0.4, -0.2) is 4.92 Å². The van der Waals surface area contributed by atoms with Gasteiger partial charge in [0.2, 0.25) is 0 Å². The van der Waals surface area contributed by atoms with Crippen LogP contribution in [0.4, 0.5) is 28.9 Å². The zero-order valence-corrected chi connectivity index (χ0v) is 11.0. The second kappa shape index (κ2) is 6.00. The highest BCUT2D eigenvalue weighted by atomic mass is 19.4. The summed E-state index contributed by atoms with van der Waals surface area (Å²) in [6.45, 7) is -0.0430. The lowest BCUT2D eigenvalue weighted by Crippen LogP contribution is -2.07. The van der Waals surface area contributed by atoms with Gasteiger partial charge in [-0.25, -0.2) is 4.39 Å². The molecule has 0 saturated heterocycles. The Morgan fingerprint density at radius 2 is 1.86 bits per heavy atom. The van der Waals surface area contributed by atoms with E-state index in [1.54, 1.807) is 0 Å². The van der Waals surface area contributed by atoms with Crippen LogP contribution >= 0.6 is 0 Å². The molecule has 0 unspecified atom stereocenters. The van der Waals surface area contributed by atoms with Gasteiger partial charge in [-0.05, 0) is 23.8 Å². The van der Waals surface area contributed by atoms with Crippen molar-refractivity contribution in [2.45, 2.75) is 12.7 Å². The predicted molar refractivity (Wildman–Crippen MR) is 71.8 cm³/mol. The molecule has 0 aromatic heterocycles. The van der Waals surface area contributed by atoms with Gasteiger partial charge >= 0.3 is 6.18 Å². The van der Waals surface area contributed by atoms with Crippen molar-refractivity contribution >= 4 is 11.4 Å². The van der Waals surface area contributed by atoms with Gasteiger partial charge in [0.15, 0.2) is 5.82 Å². The molecular formula is C14H10F4N2O2. The highest BCUT2D eigenvalue weighted by Gasteiger charge is 2.30. The molecule has 0 heterocycles. The van der Waals surface area contributed by atoms with E-state index in [-0.39, 0.29) is 12.2 Å². The van der Waals surface area contributed by atoms with Crippen LogP contribution in [0.1, 0.15) is 11.1 Å². The van der Waals surface area contributed by atoms with Crippen LogP contribution in [0.25, 0.3) is 0 Å². The zero-order chi connectivity index (χ0) is 16.3. The summed E-state index contributed by atoms with van der Waals surface area (Å²) < 4.78 is 51.3. The Morgan fingerprint density at radius 1 is 1.14 bits per heavy atom. The van der Waals surface area contributed by atoms with E-state index < -0.39 is 28.2 Å². The largest absolute Gasteiger partial charge is 0.416 e. The van der Waals surface area contributed by atoms with Gasteiger partial charge in [-0.15, -0.1) is 0 Å². The van der Waals surface area contributed by atoms with Gasteiger partial charge in [0.05, 0.1) is 22.2 Å². The lowest BCUT2D eigenvalue weighted by atomic mass is 10.1. The van der Waals surface area contributed by atoms with Crippen LogP contribution in [0.15, 0.2) is 42.5 Å². The van der Waals surface area contributed by atoms with Gasteiger partial charge in [0.25, 0.3) is 5.69 Å². The number of nitrogens with one attached hydrogen (secondary N) is 1. The Labute approximate surface area is 122 Å². The lowest BCUT2D eigenvalue weighted by Gasteiger charge is -2.10. The Morgan fingerprint density at radius 3 is 2.45 bits per heavy atom. The van der Waals surface area contributed by atoms with E-state index in [2.05, 4.69) is 5.32 Å². The van der Waals surface area contributed by atoms with Crippen LogP contribution in [0, 0.1) is 15.9 Å². The number of alkyl halides is 3. The number of nitro benzene ring substituents is 1. The summed E-state index contributed by atoms with van der Waals surface area (Å²) in [6, 6.07) is 7.64. The first kappa shape index (κ1) is 15.7. The minimum Gasteiger partial charge on any atom is -0.379 e. The maximum absolute atomic E-state index is 13.6. The number of anilines is 1. The van der Waals surface area contributed by atoms with Crippen LogP contribution in [0.5, 0.6) is 0 Å². The Balaban J connectivity index is 2.12. The van der Waals surface area contributed by atoms with Gasteiger partial charge in [0, 0.05) is 12.6 Å². The lowest BCUT2D eigenvalue weighted by molar-refractivity contribution is -0.385. The minimum absolute atomic E-state index is 0.0250. The molecule has 8 heteroatoms. The molecule has 2 aromatic rings. The molecule has 0 aliphatic heterocycles. The second-order valence-electron chi connectivity index (χ2n) is 4.47. The van der Waals surface area contributed by atoms with Gasteiger partial charge in [-0.3, -0.25) is 10.1 Å². The van der Waals surface area contributed by atoms with E-state index in [1.165, 1.54) is 18.2 Å². The van der Waals surface area contributed by atoms with Gasteiger partial charge in [-0.2, -0.15) is 13.2 Å². The molecule has 2 rings (SSSR count). The van der Waals surface area contributed by atoms with Crippen LogP contribution in [0.2, 0.25) is 0 Å². The van der Waals surface area contributed by atoms with E-state index in [9.17, 15) is 27.7 Å². The predicted octanol–water partition coefficient (Wildman–Crippen LogP) is 4.36. The highest BCUT2D eigenvalue weighted by Crippen LogP contribution is 2.29. The average Bonchev–Trinajstić information content (AvgIpc) is 2.45. The summed E-state index contributed by atoms with van der Waals surface area (Å²) in [5, 5.41) is 13.1. The van der Waals surface area contributed by atoms with E-state index in [1.807, 2.05) is 0 Å². The zero-order valence-electron chi connectivity index (χ0n) is 11.0. The molecule has 0 bridgehead atoms. The number of benzene rings is 2. The third kappa shape index (κ3) is 3.72. The summed E-state index contributed by atoms with van der Waals surface area (Å²) in [5.74, 6) is -0.846. The normalized spacial score (nSPS) is 11.3. The van der Waals surface area contributed by atoms with Crippen LogP contribution in [-0.2, 0) is 12.7 Å². The molecule has 0 aliphatic carbocycles. The SMILES string of the molecule is O=[N+]([O-])c1ccc(NCc2cccc(C(F)(F)F)c2)c(F)c1. The second-order valence-corrected chi connectivity index (χ2v) is 4.47. The highest BCUT2D eigenvalue weighted by molar-refractivity contribution is 5.50. The molecule has 0 spiro atoms. The maximum Gasteiger partial charge on any atom is 0.416 e. The van der Waals surface area contributed by atoms with Gasteiger partial charge < -0.3 is 5.32 Å². The molecule has 0 aliphatic rings. The van der Waals surface area contributed by atoms with Crippen molar-refractivity contribution in [1.29, 1.82) is 0 Å². The number of non-ortho nitro benzene ring substituents is 1. The van der Waals surface area contributed by atoms with Crippen molar-refractivity contribution in [2.75, 3.05) is 5.32 Å². The molecule has 0 atom stereocenters. The van der Waals surface area contributed by atoms with E-state index >= 15 is 0 Å². The fourth-order valence-electron chi connectivity index (χ4n) is 1.82. The van der Waals surface area contributed by atoms with Gasteiger partial charge in [-0.1, -0.05) is 12.1 Å². The molecule has 2 aromatic carbocycles. The van der Waals surface area contributed by atoms with E-state index in [0.29, 0.717) is 5.56 Å². The maximum atomic E-state index is 13.6. The molecular weight excluding hydrogens is 304 g/mol. The fraction of sp³-hybridized carbons (Fsp3) is 0.143. The Hall–Kier alpha value is -2.64. The molecule has 0 amide bonds. The molecule has 1 N–H and O–H groups in total. The number of halogens is 4. The molecule has 116 valence electrons. The summed E-state index contributed by atoms with van der Waals surface area (Å²) >= 11 is 0. The topological polar surface area (TPSA) is 55.2 Å². The third-order valence-electron chi connectivity index (χ3n) is 2.90. The number of nitro groups is 1. The molecule has 0 fully saturated rings. The van der Waals surface area contributed by atoms with Crippen molar-refractivity contribution in [3.8, 4) is 0 Å². The van der Waals surface area contributed by atoms with E-state index in [0.717, 1.165) is 24.3 Å². The summed E-state index contributed by atoms with van der Waals surface area (Å²) in [6.07, 6.45) is -4.45. The van der Waals surface area contributed by atoms with Crippen LogP contribution < -0.4 is 5.32 Å². The number of rotatable bonds is 4. The number of hydrogen-bond acceptors (Lipinski definition) is 3. The summed E-state index contributed by atoms with van der Waals surface area (Å²) in [5.41, 5.74) is -0.909. The van der Waals surface area contributed by atoms with Crippen molar-refractivity contribution < 1.29 is 22.5 Å². The molecule has 0 saturated carbocycles. The molecule has 22 heavy (non-hydrogen) atoms. The molecule has 4 nitrogen and oxygen atoms in total. The number of hydrogen-bond donors (Lipinski definition) is 1. The minimum atomic E-state index is -4.45. The first-order valence-corrected chi connectivity index (χ1v) is 6.11. The van der Waals surface area contributed by atoms with Crippen molar-refractivity contribution in [3.05, 3.63) is 69.5 Å². The standard InChI is InChI=1S/C14H10F4N2O2/c15-12-7-11(20(21)22)4-5-13(12)19-8-9-2-1-3-10(6-9)14(16,17)18/h1-7,19H,8H2. The van der Waals surface area contributed by atoms with Gasteiger partial charge in [0.1, 0.15) is 0 Å².